The molecule has 0 N–H and O–H groups in total. The molecule has 0 amide bonds. The Morgan fingerprint density at radius 2 is 1.91 bits per heavy atom. The summed E-state index contributed by atoms with van der Waals surface area (Å²) in [6.45, 7) is 5.50. The Bertz CT molecular complexity index is 436. The van der Waals surface area contributed by atoms with Crippen molar-refractivity contribution in [3.05, 3.63) is 34.9 Å². The van der Waals surface area contributed by atoms with E-state index >= 15 is 0 Å². The van der Waals surface area contributed by atoms with Crippen molar-refractivity contribution in [1.29, 1.82) is 0 Å². The van der Waals surface area contributed by atoms with Crippen LogP contribution in [0.25, 0.3) is 0 Å². The summed E-state index contributed by atoms with van der Waals surface area (Å²) in [5.74, 6) is -0.327. The van der Waals surface area contributed by atoms with Gasteiger partial charge < -0.3 is 9.47 Å². The predicted molar refractivity (Wildman–Crippen MR) is 95.1 cm³/mol. The van der Waals surface area contributed by atoms with Crippen LogP contribution in [0.15, 0.2) is 24.3 Å². The van der Waals surface area contributed by atoms with Crippen LogP contribution in [0.2, 0.25) is 5.02 Å². The highest BCUT2D eigenvalue weighted by Gasteiger charge is 2.16. The van der Waals surface area contributed by atoms with Gasteiger partial charge in [0.1, 0.15) is 6.10 Å². The monoisotopic (exact) mass is 340 g/mol. The average Bonchev–Trinajstić information content (AvgIpc) is 2.55. The fourth-order valence-electron chi connectivity index (χ4n) is 2.27. The first kappa shape index (κ1) is 20.0. The second-order valence-corrected chi connectivity index (χ2v) is 6.25. The summed E-state index contributed by atoms with van der Waals surface area (Å²) < 4.78 is 11.3. The summed E-state index contributed by atoms with van der Waals surface area (Å²) in [6, 6.07) is 6.86. The van der Waals surface area contributed by atoms with E-state index in [1.54, 1.807) is 24.3 Å². The average molecular weight is 341 g/mol. The third-order valence-corrected chi connectivity index (χ3v) is 3.89. The van der Waals surface area contributed by atoms with E-state index in [0.29, 0.717) is 17.2 Å². The summed E-state index contributed by atoms with van der Waals surface area (Å²) in [7, 11) is 0. The van der Waals surface area contributed by atoms with Crippen molar-refractivity contribution in [1.82, 2.24) is 0 Å². The third-order valence-electron chi connectivity index (χ3n) is 3.66. The molecule has 1 atom stereocenters. The van der Waals surface area contributed by atoms with Crippen LogP contribution in [0, 0.1) is 0 Å². The van der Waals surface area contributed by atoms with Crippen molar-refractivity contribution in [3.8, 4) is 0 Å². The lowest BCUT2D eigenvalue weighted by Crippen LogP contribution is -2.24. The van der Waals surface area contributed by atoms with Crippen molar-refractivity contribution in [2.24, 2.45) is 0 Å². The molecule has 0 saturated heterocycles. The van der Waals surface area contributed by atoms with Crippen molar-refractivity contribution in [2.75, 3.05) is 13.2 Å². The molecule has 1 rings (SSSR count). The highest BCUT2D eigenvalue weighted by Crippen LogP contribution is 2.15. The maximum atomic E-state index is 12.2. The Balaban J connectivity index is 2.50. The molecule has 1 aromatic rings. The van der Waals surface area contributed by atoms with Gasteiger partial charge in [-0.25, -0.2) is 4.79 Å². The zero-order valence-electron chi connectivity index (χ0n) is 14.4. The lowest BCUT2D eigenvalue weighted by molar-refractivity contribution is -0.00822. The normalized spacial score (nSPS) is 12.1. The molecule has 1 aromatic carbocycles. The summed E-state index contributed by atoms with van der Waals surface area (Å²) in [4.78, 5) is 12.2. The van der Waals surface area contributed by atoms with Crippen molar-refractivity contribution < 1.29 is 14.3 Å². The minimum Gasteiger partial charge on any atom is -0.456 e. The second kappa shape index (κ2) is 12.4. The van der Waals surface area contributed by atoms with Gasteiger partial charge in [0.15, 0.2) is 0 Å². The molecule has 130 valence electrons. The number of carbonyl (C=O) groups excluding carboxylic acids is 1. The number of halogens is 1. The molecular formula is C19H29ClO3. The van der Waals surface area contributed by atoms with Gasteiger partial charge in [-0.05, 0) is 37.5 Å². The molecule has 0 aromatic heterocycles. The van der Waals surface area contributed by atoms with Crippen LogP contribution in [0.4, 0.5) is 0 Å². The third kappa shape index (κ3) is 8.97. The Hall–Kier alpha value is -1.06. The maximum Gasteiger partial charge on any atom is 0.338 e. The fraction of sp³-hybridized carbons (Fsp3) is 0.632. The smallest absolute Gasteiger partial charge is 0.338 e. The number of hydrogen-bond donors (Lipinski definition) is 0. The van der Waals surface area contributed by atoms with E-state index in [0.717, 1.165) is 38.7 Å². The predicted octanol–water partition coefficient (Wildman–Crippen LogP) is 5.65. The van der Waals surface area contributed by atoms with Gasteiger partial charge in [-0.1, -0.05) is 57.2 Å². The summed E-state index contributed by atoms with van der Waals surface area (Å²) >= 11 is 5.93. The van der Waals surface area contributed by atoms with Gasteiger partial charge in [0.2, 0.25) is 0 Å². The highest BCUT2D eigenvalue weighted by molar-refractivity contribution is 6.30. The SMILES string of the molecule is CCCCCCC(COCCCC)OC(=O)c1cccc(Cl)c1. The molecule has 23 heavy (non-hydrogen) atoms. The van der Waals surface area contributed by atoms with Crippen LogP contribution in [-0.2, 0) is 9.47 Å². The molecular weight excluding hydrogens is 312 g/mol. The number of unbranched alkanes of at least 4 members (excludes halogenated alkanes) is 4. The summed E-state index contributed by atoms with van der Waals surface area (Å²) in [5, 5.41) is 0.540. The number of carbonyl (C=O) groups is 1. The van der Waals surface area contributed by atoms with Gasteiger partial charge in [0.25, 0.3) is 0 Å². The van der Waals surface area contributed by atoms with E-state index < -0.39 is 0 Å². The number of rotatable bonds is 12. The van der Waals surface area contributed by atoms with Gasteiger partial charge in [-0.2, -0.15) is 0 Å². The molecule has 0 radical (unpaired) electrons. The first-order valence-electron chi connectivity index (χ1n) is 8.71. The molecule has 4 heteroatoms. The molecule has 3 nitrogen and oxygen atoms in total. The minimum absolute atomic E-state index is 0.185. The van der Waals surface area contributed by atoms with Crippen LogP contribution < -0.4 is 0 Å². The molecule has 0 fully saturated rings. The van der Waals surface area contributed by atoms with Crippen molar-refractivity contribution in [3.63, 3.8) is 0 Å². The molecule has 0 spiro atoms. The largest absolute Gasteiger partial charge is 0.456 e. The minimum atomic E-state index is -0.327. The Labute approximate surface area is 145 Å². The van der Waals surface area contributed by atoms with E-state index in [4.69, 9.17) is 21.1 Å². The van der Waals surface area contributed by atoms with Gasteiger partial charge >= 0.3 is 5.97 Å². The van der Waals surface area contributed by atoms with E-state index in [-0.39, 0.29) is 12.1 Å². The molecule has 0 aliphatic rings. The lowest BCUT2D eigenvalue weighted by atomic mass is 10.1. The first-order valence-corrected chi connectivity index (χ1v) is 9.09. The van der Waals surface area contributed by atoms with E-state index in [1.807, 2.05) is 0 Å². The standard InChI is InChI=1S/C19H29ClO3/c1-3-5-7-8-12-18(15-22-13-6-4-2)23-19(21)16-10-9-11-17(20)14-16/h9-11,14,18H,3-8,12-13,15H2,1-2H3. The Kier molecular flexibility index (Phi) is 10.8. The van der Waals surface area contributed by atoms with Crippen molar-refractivity contribution in [2.45, 2.75) is 64.9 Å². The first-order chi connectivity index (χ1) is 11.2. The van der Waals surface area contributed by atoms with Crippen LogP contribution in [0.1, 0.15) is 69.2 Å². The van der Waals surface area contributed by atoms with Crippen molar-refractivity contribution >= 4 is 17.6 Å². The van der Waals surface area contributed by atoms with Crippen LogP contribution in [0.5, 0.6) is 0 Å². The van der Waals surface area contributed by atoms with Crippen LogP contribution >= 0.6 is 11.6 Å². The molecule has 0 saturated carbocycles. The van der Waals surface area contributed by atoms with E-state index in [1.165, 1.54) is 12.8 Å². The van der Waals surface area contributed by atoms with Gasteiger partial charge in [-0.15, -0.1) is 0 Å². The topological polar surface area (TPSA) is 35.5 Å². The number of ether oxygens (including phenoxy) is 2. The van der Waals surface area contributed by atoms with Gasteiger partial charge in [0.05, 0.1) is 12.2 Å². The molecule has 0 heterocycles. The summed E-state index contributed by atoms with van der Waals surface area (Å²) in [6.07, 6.45) is 7.42. The number of esters is 1. The zero-order valence-corrected chi connectivity index (χ0v) is 15.1. The Morgan fingerprint density at radius 1 is 1.13 bits per heavy atom. The van der Waals surface area contributed by atoms with Gasteiger partial charge in [0, 0.05) is 11.6 Å². The fourth-order valence-corrected chi connectivity index (χ4v) is 2.46. The highest BCUT2D eigenvalue weighted by atomic mass is 35.5. The van der Waals surface area contributed by atoms with Crippen LogP contribution in [0.3, 0.4) is 0 Å². The number of benzene rings is 1. The Morgan fingerprint density at radius 3 is 2.61 bits per heavy atom. The lowest BCUT2D eigenvalue weighted by Gasteiger charge is -2.18. The summed E-state index contributed by atoms with van der Waals surface area (Å²) in [5.41, 5.74) is 0.490. The molecule has 0 aliphatic heterocycles. The quantitative estimate of drug-likeness (QED) is 0.364. The molecule has 0 aliphatic carbocycles. The zero-order chi connectivity index (χ0) is 16.9. The van der Waals surface area contributed by atoms with E-state index in [2.05, 4.69) is 13.8 Å². The maximum absolute atomic E-state index is 12.2. The second-order valence-electron chi connectivity index (χ2n) is 5.82. The van der Waals surface area contributed by atoms with Gasteiger partial charge in [-0.3, -0.25) is 0 Å². The van der Waals surface area contributed by atoms with E-state index in [9.17, 15) is 4.79 Å². The number of hydrogen-bond acceptors (Lipinski definition) is 3. The van der Waals surface area contributed by atoms with Crippen LogP contribution in [-0.4, -0.2) is 25.3 Å². The molecule has 0 bridgehead atoms. The molecule has 1 unspecified atom stereocenters.